The van der Waals surface area contributed by atoms with E-state index < -0.39 is 17.8 Å². The van der Waals surface area contributed by atoms with Crippen molar-refractivity contribution in [2.75, 3.05) is 6.61 Å². The van der Waals surface area contributed by atoms with Crippen molar-refractivity contribution in [1.29, 1.82) is 0 Å². The number of amides is 2. The van der Waals surface area contributed by atoms with Crippen LogP contribution in [0.25, 0.3) is 0 Å². The van der Waals surface area contributed by atoms with E-state index in [1.54, 1.807) is 6.92 Å². The van der Waals surface area contributed by atoms with Crippen molar-refractivity contribution in [3.63, 3.8) is 0 Å². The van der Waals surface area contributed by atoms with Gasteiger partial charge < -0.3 is 4.74 Å². The Morgan fingerprint density at radius 2 is 2.23 bits per heavy atom. The number of rotatable bonds is 3. The summed E-state index contributed by atoms with van der Waals surface area (Å²) in [5.41, 5.74) is 0.187. The Kier molecular flexibility index (Phi) is 2.79. The van der Waals surface area contributed by atoms with E-state index in [0.29, 0.717) is 0 Å². The maximum Gasteiger partial charge on any atom is 0.305 e. The molecule has 5 nitrogen and oxygen atoms in total. The predicted molar refractivity (Wildman–Crippen MR) is 42.5 cm³/mol. The van der Waals surface area contributed by atoms with Gasteiger partial charge in [-0.2, -0.15) is 0 Å². The third-order valence-corrected chi connectivity index (χ3v) is 1.51. The van der Waals surface area contributed by atoms with Crippen molar-refractivity contribution in [2.45, 2.75) is 13.3 Å². The first-order valence-electron chi connectivity index (χ1n) is 3.85. The second kappa shape index (κ2) is 3.84. The Bertz CT molecular complexity index is 293. The van der Waals surface area contributed by atoms with Gasteiger partial charge in [-0.15, -0.1) is 0 Å². The van der Waals surface area contributed by atoms with Gasteiger partial charge in [0.2, 0.25) is 0 Å². The van der Waals surface area contributed by atoms with Crippen LogP contribution in [0.5, 0.6) is 0 Å². The smallest absolute Gasteiger partial charge is 0.305 e. The van der Waals surface area contributed by atoms with Crippen molar-refractivity contribution in [3.05, 3.63) is 11.6 Å². The van der Waals surface area contributed by atoms with Crippen molar-refractivity contribution in [2.24, 2.45) is 0 Å². The van der Waals surface area contributed by atoms with Crippen LogP contribution in [0.3, 0.4) is 0 Å². The molecule has 1 N–H and O–H groups in total. The number of nitrogens with one attached hydrogen (secondary N) is 1. The summed E-state index contributed by atoms with van der Waals surface area (Å²) in [4.78, 5) is 32.2. The average molecular weight is 183 g/mol. The van der Waals surface area contributed by atoms with Crippen LogP contribution in [0.15, 0.2) is 11.6 Å². The monoisotopic (exact) mass is 183 g/mol. The van der Waals surface area contributed by atoms with Gasteiger partial charge >= 0.3 is 5.97 Å². The molecule has 0 spiro atoms. The van der Waals surface area contributed by atoms with Gasteiger partial charge in [-0.05, 0) is 0 Å². The fourth-order valence-electron chi connectivity index (χ4n) is 0.820. The van der Waals surface area contributed by atoms with E-state index in [1.807, 2.05) is 5.32 Å². The molecule has 0 aromatic rings. The third kappa shape index (κ3) is 2.40. The minimum atomic E-state index is -0.492. The van der Waals surface area contributed by atoms with E-state index in [-0.39, 0.29) is 18.6 Å². The molecule has 0 atom stereocenters. The Morgan fingerprint density at radius 1 is 1.54 bits per heavy atom. The fraction of sp³-hybridized carbons (Fsp3) is 0.375. The SMILES string of the molecule is CCC(=O)OCC1=CC(=O)NC1=O. The van der Waals surface area contributed by atoms with Crippen LogP contribution in [-0.4, -0.2) is 24.4 Å². The molecule has 0 radical (unpaired) electrons. The highest BCUT2D eigenvalue weighted by Crippen LogP contribution is 2.03. The number of carbonyl (C=O) groups is 3. The van der Waals surface area contributed by atoms with Gasteiger partial charge in [0, 0.05) is 12.5 Å². The molecule has 0 saturated heterocycles. The van der Waals surface area contributed by atoms with E-state index in [1.165, 1.54) is 0 Å². The molecule has 0 fully saturated rings. The number of hydrogen-bond donors (Lipinski definition) is 1. The van der Waals surface area contributed by atoms with Gasteiger partial charge in [0.25, 0.3) is 11.8 Å². The minimum Gasteiger partial charge on any atom is -0.461 e. The molecule has 0 aromatic heterocycles. The van der Waals surface area contributed by atoms with Crippen LogP contribution in [0.1, 0.15) is 13.3 Å². The maximum atomic E-state index is 10.9. The number of hydrogen-bond acceptors (Lipinski definition) is 4. The number of carbonyl (C=O) groups excluding carboxylic acids is 3. The highest BCUT2D eigenvalue weighted by molar-refractivity contribution is 6.16. The third-order valence-electron chi connectivity index (χ3n) is 1.51. The summed E-state index contributed by atoms with van der Waals surface area (Å²) in [6.07, 6.45) is 1.38. The molecule has 70 valence electrons. The number of ether oxygens (including phenoxy) is 1. The predicted octanol–water partition coefficient (Wildman–Crippen LogP) is -0.478. The topological polar surface area (TPSA) is 72.5 Å². The first-order valence-corrected chi connectivity index (χ1v) is 3.85. The molecule has 0 bridgehead atoms. The number of esters is 1. The zero-order chi connectivity index (χ0) is 9.84. The van der Waals surface area contributed by atoms with Crippen molar-refractivity contribution < 1.29 is 19.1 Å². The Labute approximate surface area is 74.7 Å². The van der Waals surface area contributed by atoms with Gasteiger partial charge in [0.15, 0.2) is 0 Å². The van der Waals surface area contributed by atoms with Gasteiger partial charge in [-0.1, -0.05) is 6.92 Å². The van der Waals surface area contributed by atoms with Crippen LogP contribution < -0.4 is 5.32 Å². The average Bonchev–Trinajstić information content (AvgIpc) is 2.41. The van der Waals surface area contributed by atoms with E-state index in [0.717, 1.165) is 6.08 Å². The normalized spacial score (nSPS) is 15.3. The molecule has 5 heteroatoms. The summed E-state index contributed by atoms with van der Waals surface area (Å²) in [6, 6.07) is 0. The van der Waals surface area contributed by atoms with Crippen LogP contribution in [-0.2, 0) is 19.1 Å². The first kappa shape index (κ1) is 9.44. The largest absolute Gasteiger partial charge is 0.461 e. The van der Waals surface area contributed by atoms with Gasteiger partial charge in [-0.3, -0.25) is 19.7 Å². The lowest BCUT2D eigenvalue weighted by Gasteiger charge is -2.01. The molecule has 1 aliphatic rings. The summed E-state index contributed by atoms with van der Waals surface area (Å²) in [5, 5.41) is 2.05. The second-order valence-electron chi connectivity index (χ2n) is 2.50. The summed E-state index contributed by atoms with van der Waals surface area (Å²) < 4.78 is 4.67. The minimum absolute atomic E-state index is 0.135. The standard InChI is InChI=1S/C8H9NO4/c1-2-7(11)13-4-5-3-6(10)9-8(5)12/h3H,2,4H2,1H3,(H,9,10,12). The highest BCUT2D eigenvalue weighted by Gasteiger charge is 2.21. The lowest BCUT2D eigenvalue weighted by Crippen LogP contribution is -2.23. The molecular formula is C8H9NO4. The van der Waals surface area contributed by atoms with Gasteiger partial charge in [0.1, 0.15) is 6.61 Å². The molecule has 13 heavy (non-hydrogen) atoms. The van der Waals surface area contributed by atoms with Crippen molar-refractivity contribution in [3.8, 4) is 0 Å². The molecule has 2 amide bonds. The van der Waals surface area contributed by atoms with Crippen LogP contribution >= 0.6 is 0 Å². The Balaban J connectivity index is 2.46. The summed E-state index contributed by atoms with van der Waals surface area (Å²) in [5.74, 6) is -1.35. The van der Waals surface area contributed by atoms with Crippen LogP contribution in [0, 0.1) is 0 Å². The van der Waals surface area contributed by atoms with Gasteiger partial charge in [-0.25, -0.2) is 0 Å². The van der Waals surface area contributed by atoms with Crippen molar-refractivity contribution >= 4 is 17.8 Å². The lowest BCUT2D eigenvalue weighted by atomic mass is 10.3. The van der Waals surface area contributed by atoms with Crippen LogP contribution in [0.4, 0.5) is 0 Å². The maximum absolute atomic E-state index is 10.9. The molecule has 1 aliphatic heterocycles. The zero-order valence-corrected chi connectivity index (χ0v) is 7.12. The second-order valence-corrected chi connectivity index (χ2v) is 2.50. The Morgan fingerprint density at radius 3 is 2.69 bits per heavy atom. The molecule has 0 saturated carbocycles. The summed E-state index contributed by atoms with van der Waals surface area (Å²) in [7, 11) is 0. The molecular weight excluding hydrogens is 174 g/mol. The lowest BCUT2D eigenvalue weighted by molar-refractivity contribution is -0.142. The Hall–Kier alpha value is -1.65. The highest BCUT2D eigenvalue weighted by atomic mass is 16.5. The number of imide groups is 1. The molecule has 0 aliphatic carbocycles. The van der Waals surface area contributed by atoms with E-state index in [2.05, 4.69) is 4.74 Å². The first-order chi connectivity index (χ1) is 6.13. The molecule has 0 unspecified atom stereocenters. The molecule has 1 rings (SSSR count). The summed E-state index contributed by atoms with van der Waals surface area (Å²) in [6.45, 7) is 1.51. The van der Waals surface area contributed by atoms with E-state index in [9.17, 15) is 14.4 Å². The van der Waals surface area contributed by atoms with Crippen molar-refractivity contribution in [1.82, 2.24) is 5.32 Å². The molecule has 1 heterocycles. The van der Waals surface area contributed by atoms with Crippen LogP contribution in [0.2, 0.25) is 0 Å². The quantitative estimate of drug-likeness (QED) is 0.474. The fourth-order valence-corrected chi connectivity index (χ4v) is 0.820. The van der Waals surface area contributed by atoms with Gasteiger partial charge in [0.05, 0.1) is 5.57 Å². The molecule has 0 aromatic carbocycles. The summed E-state index contributed by atoms with van der Waals surface area (Å²) >= 11 is 0. The zero-order valence-electron chi connectivity index (χ0n) is 7.12. The van der Waals surface area contributed by atoms with E-state index >= 15 is 0 Å². The van der Waals surface area contributed by atoms with E-state index in [4.69, 9.17) is 0 Å².